The molecule has 2 aromatic carbocycles. The van der Waals surface area contributed by atoms with Crippen LogP contribution in [-0.2, 0) is 27.3 Å². The second-order valence-electron chi connectivity index (χ2n) is 4.70. The second-order valence-corrected chi connectivity index (χ2v) is 5.91. The van der Waals surface area contributed by atoms with Crippen LogP contribution in [0.3, 0.4) is 0 Å². The van der Waals surface area contributed by atoms with Crippen LogP contribution in [0.2, 0.25) is 0 Å². The third-order valence-electron chi connectivity index (χ3n) is 3.01. The Bertz CT molecular complexity index is 701. The minimum absolute atomic E-state index is 0.399. The molecule has 0 N–H and O–H groups in total. The van der Waals surface area contributed by atoms with E-state index in [1.807, 2.05) is 60.7 Å². The zero-order valence-corrected chi connectivity index (χ0v) is 12.6. The average molecular weight is 317 g/mol. The molecule has 0 unspecified atom stereocenters. The van der Waals surface area contributed by atoms with Crippen LogP contribution in [0.25, 0.3) is 10.4 Å². The molecule has 0 saturated heterocycles. The second kappa shape index (κ2) is 7.61. The Kier molecular flexibility index (Phi) is 5.55. The van der Waals surface area contributed by atoms with Gasteiger partial charge in [0.1, 0.15) is 0 Å². The summed E-state index contributed by atoms with van der Waals surface area (Å²) < 4.78 is 30.9. The van der Waals surface area contributed by atoms with Crippen molar-refractivity contribution in [2.45, 2.75) is 18.9 Å². The average Bonchev–Trinajstić information content (AvgIpc) is 2.48. The zero-order valence-electron chi connectivity index (χ0n) is 11.7. The van der Waals surface area contributed by atoms with Crippen molar-refractivity contribution in [2.24, 2.45) is 4.52 Å². The maximum absolute atomic E-state index is 11.6. The lowest BCUT2D eigenvalue weighted by molar-refractivity contribution is 0.210. The van der Waals surface area contributed by atoms with Gasteiger partial charge in [0.2, 0.25) is 0 Å². The fraction of sp³-hybridized carbons (Fsp3) is 0.200. The van der Waals surface area contributed by atoms with Gasteiger partial charge in [-0.25, -0.2) is 0 Å². The molecule has 0 fully saturated rings. The summed E-state index contributed by atoms with van der Waals surface area (Å²) in [6.45, 7) is 0. The number of hydrogen-bond donors (Lipinski definition) is 0. The SMILES string of the molecule is [N-]=[N+]=NS(=O)(=O)OC(Cc1ccccc1)Cc1ccccc1. The lowest BCUT2D eigenvalue weighted by Gasteiger charge is -2.16. The highest BCUT2D eigenvalue weighted by Crippen LogP contribution is 2.15. The Balaban J connectivity index is 2.18. The standard InChI is InChI=1S/C15H15N3O3S/c16-17-18-22(19,20)21-15(11-13-7-3-1-4-8-13)12-14-9-5-2-6-10-14/h1-10,15H,11-12H2. The van der Waals surface area contributed by atoms with Crippen molar-refractivity contribution in [1.29, 1.82) is 0 Å². The molecule has 0 bridgehead atoms. The van der Waals surface area contributed by atoms with Gasteiger partial charge in [0.25, 0.3) is 0 Å². The molecule has 6 nitrogen and oxygen atoms in total. The van der Waals surface area contributed by atoms with Crippen LogP contribution in [0.5, 0.6) is 0 Å². The topological polar surface area (TPSA) is 92.1 Å². The smallest absolute Gasteiger partial charge is 0.260 e. The number of nitrogens with zero attached hydrogens (tertiary/aromatic N) is 3. The van der Waals surface area contributed by atoms with Crippen molar-refractivity contribution >= 4 is 10.3 Å². The Morgan fingerprint density at radius 1 is 0.955 bits per heavy atom. The molecule has 0 saturated carbocycles. The molecule has 2 aromatic rings. The number of azide groups is 1. The van der Waals surface area contributed by atoms with E-state index >= 15 is 0 Å². The van der Waals surface area contributed by atoms with Crippen LogP contribution in [0.15, 0.2) is 65.2 Å². The summed E-state index contributed by atoms with van der Waals surface area (Å²) in [5.74, 6) is 0. The van der Waals surface area contributed by atoms with Crippen molar-refractivity contribution in [3.05, 3.63) is 82.2 Å². The highest BCUT2D eigenvalue weighted by atomic mass is 32.2. The van der Waals surface area contributed by atoms with E-state index in [1.54, 1.807) is 0 Å². The Hall–Kier alpha value is -2.34. The van der Waals surface area contributed by atoms with E-state index < -0.39 is 16.4 Å². The Morgan fingerprint density at radius 3 is 1.82 bits per heavy atom. The maximum Gasteiger partial charge on any atom is 0.358 e. The van der Waals surface area contributed by atoms with E-state index in [4.69, 9.17) is 9.71 Å². The minimum atomic E-state index is -4.26. The van der Waals surface area contributed by atoms with Gasteiger partial charge in [0.05, 0.1) is 10.6 Å². The summed E-state index contributed by atoms with van der Waals surface area (Å²) in [5.41, 5.74) is 10.2. The van der Waals surface area contributed by atoms with Crippen molar-refractivity contribution < 1.29 is 12.6 Å². The van der Waals surface area contributed by atoms with Crippen molar-refractivity contribution in [2.75, 3.05) is 0 Å². The molecule has 7 heteroatoms. The van der Waals surface area contributed by atoms with E-state index in [0.29, 0.717) is 12.8 Å². The molecule has 22 heavy (non-hydrogen) atoms. The maximum atomic E-state index is 11.6. The summed E-state index contributed by atoms with van der Waals surface area (Å²) in [6, 6.07) is 18.8. The fourth-order valence-corrected chi connectivity index (χ4v) is 2.74. The third kappa shape index (κ3) is 5.21. The van der Waals surface area contributed by atoms with Gasteiger partial charge in [-0.05, 0) is 16.7 Å². The van der Waals surface area contributed by atoms with Crippen LogP contribution in [0.4, 0.5) is 0 Å². The number of hydrogen-bond acceptors (Lipinski definition) is 3. The van der Waals surface area contributed by atoms with Gasteiger partial charge in [0.15, 0.2) is 0 Å². The molecule has 0 spiro atoms. The van der Waals surface area contributed by atoms with Crippen molar-refractivity contribution in [3.63, 3.8) is 0 Å². The monoisotopic (exact) mass is 317 g/mol. The highest BCUT2D eigenvalue weighted by Gasteiger charge is 2.19. The van der Waals surface area contributed by atoms with E-state index in [9.17, 15) is 8.42 Å². The summed E-state index contributed by atoms with van der Waals surface area (Å²) in [4.78, 5) is 2.29. The Morgan fingerprint density at radius 2 is 1.41 bits per heavy atom. The van der Waals surface area contributed by atoms with Crippen LogP contribution in [-0.4, -0.2) is 14.5 Å². The molecule has 0 heterocycles. The molecule has 114 valence electrons. The molecule has 0 radical (unpaired) electrons. The first-order valence-electron chi connectivity index (χ1n) is 6.66. The van der Waals surface area contributed by atoms with Gasteiger partial charge in [0, 0.05) is 17.8 Å². The van der Waals surface area contributed by atoms with Gasteiger partial charge < -0.3 is 0 Å². The zero-order chi connectivity index (χ0) is 15.8. The molecular weight excluding hydrogens is 302 g/mol. The third-order valence-corrected chi connectivity index (χ3v) is 3.79. The summed E-state index contributed by atoms with van der Waals surface area (Å²) in [6.07, 6.45) is 0.159. The molecule has 0 aliphatic carbocycles. The largest absolute Gasteiger partial charge is 0.358 e. The number of rotatable bonds is 7. The predicted octanol–water partition coefficient (Wildman–Crippen LogP) is 3.41. The Labute approximate surface area is 129 Å². The fourth-order valence-electron chi connectivity index (χ4n) is 2.13. The molecule has 0 aliphatic rings. The summed E-state index contributed by atoms with van der Waals surface area (Å²) in [5, 5.41) is 0. The molecular formula is C15H15N3O3S. The van der Waals surface area contributed by atoms with Crippen molar-refractivity contribution in [3.8, 4) is 0 Å². The quantitative estimate of drug-likeness (QED) is 0.445. The first-order valence-corrected chi connectivity index (χ1v) is 8.03. The van der Waals surface area contributed by atoms with Gasteiger partial charge >= 0.3 is 10.3 Å². The minimum Gasteiger partial charge on any atom is -0.260 e. The predicted molar refractivity (Wildman–Crippen MR) is 83.2 cm³/mol. The highest BCUT2D eigenvalue weighted by molar-refractivity contribution is 7.85. The van der Waals surface area contributed by atoms with Gasteiger partial charge in [-0.3, -0.25) is 4.18 Å². The van der Waals surface area contributed by atoms with Crippen LogP contribution in [0.1, 0.15) is 11.1 Å². The molecule has 0 amide bonds. The first kappa shape index (κ1) is 16.0. The van der Waals surface area contributed by atoms with Gasteiger partial charge in [-0.1, -0.05) is 60.7 Å². The summed E-state index contributed by atoms with van der Waals surface area (Å²) >= 11 is 0. The number of benzene rings is 2. The van der Waals surface area contributed by atoms with Crippen LogP contribution >= 0.6 is 0 Å². The van der Waals surface area contributed by atoms with Crippen molar-refractivity contribution in [1.82, 2.24) is 0 Å². The van der Waals surface area contributed by atoms with Crippen LogP contribution in [0, 0.1) is 0 Å². The van der Waals surface area contributed by atoms with Gasteiger partial charge in [-0.2, -0.15) is 8.42 Å². The molecule has 0 atom stereocenters. The lowest BCUT2D eigenvalue weighted by Crippen LogP contribution is -2.22. The molecule has 2 rings (SSSR count). The van der Waals surface area contributed by atoms with E-state index in [0.717, 1.165) is 11.1 Å². The molecule has 0 aliphatic heterocycles. The first-order chi connectivity index (χ1) is 10.6. The lowest BCUT2D eigenvalue weighted by atomic mass is 10.0. The van der Waals surface area contributed by atoms with E-state index in [2.05, 4.69) is 9.43 Å². The normalized spacial score (nSPS) is 11.1. The molecule has 0 aromatic heterocycles. The van der Waals surface area contributed by atoms with Gasteiger partial charge in [-0.15, -0.1) is 0 Å². The van der Waals surface area contributed by atoms with E-state index in [1.165, 1.54) is 0 Å². The van der Waals surface area contributed by atoms with Crippen LogP contribution < -0.4 is 0 Å². The van der Waals surface area contributed by atoms with E-state index in [-0.39, 0.29) is 0 Å². The summed E-state index contributed by atoms with van der Waals surface area (Å²) in [7, 11) is -4.26.